The zero-order chi connectivity index (χ0) is 17.5. The summed E-state index contributed by atoms with van der Waals surface area (Å²) in [7, 11) is 0. The van der Waals surface area contributed by atoms with Crippen LogP contribution in [0.15, 0.2) is 48.5 Å². The van der Waals surface area contributed by atoms with Gasteiger partial charge in [0.05, 0.1) is 29.3 Å². The molecule has 0 bridgehead atoms. The number of ether oxygens (including phenoxy) is 1. The van der Waals surface area contributed by atoms with Crippen LogP contribution in [0.1, 0.15) is 24.8 Å². The number of hydrogen-bond acceptors (Lipinski definition) is 4. The van der Waals surface area contributed by atoms with Gasteiger partial charge in [-0.2, -0.15) is 5.26 Å². The number of rotatable bonds is 7. The summed E-state index contributed by atoms with van der Waals surface area (Å²) < 4.78 is 5.95. The van der Waals surface area contributed by atoms with Gasteiger partial charge in [-0.05, 0) is 43.5 Å². The lowest BCUT2D eigenvalue weighted by Gasteiger charge is -2.11. The highest BCUT2D eigenvalue weighted by Gasteiger charge is 2.13. The summed E-state index contributed by atoms with van der Waals surface area (Å²) in [6.07, 6.45) is 3.20. The Bertz CT molecular complexity index is 905. The van der Waals surface area contributed by atoms with E-state index in [1.165, 1.54) is 0 Å². The van der Waals surface area contributed by atoms with E-state index >= 15 is 0 Å². The minimum atomic E-state index is 0.521. The molecule has 0 radical (unpaired) electrons. The van der Waals surface area contributed by atoms with Crippen molar-refractivity contribution in [3.8, 4) is 23.2 Å². The summed E-state index contributed by atoms with van der Waals surface area (Å²) in [5, 5.41) is 10.2. The highest BCUT2D eigenvalue weighted by molar-refractivity contribution is 9.09. The number of aromatic nitrogens is 2. The van der Waals surface area contributed by atoms with Crippen molar-refractivity contribution in [2.75, 3.05) is 11.9 Å². The van der Waals surface area contributed by atoms with E-state index < -0.39 is 0 Å². The Kier molecular flexibility index (Phi) is 5.97. The van der Waals surface area contributed by atoms with Crippen molar-refractivity contribution in [3.05, 3.63) is 54.1 Å². The number of nitrogens with zero attached hydrogens (tertiary/aromatic N) is 3. The zero-order valence-electron chi connectivity index (χ0n) is 13.8. The first-order valence-corrected chi connectivity index (χ1v) is 9.40. The average molecular weight is 396 g/mol. The van der Waals surface area contributed by atoms with Crippen molar-refractivity contribution in [3.63, 3.8) is 0 Å². The third-order valence-electron chi connectivity index (χ3n) is 3.82. The van der Waals surface area contributed by atoms with Gasteiger partial charge in [-0.1, -0.05) is 40.2 Å². The van der Waals surface area contributed by atoms with E-state index in [9.17, 15) is 0 Å². The van der Waals surface area contributed by atoms with Crippen LogP contribution in [0, 0.1) is 11.3 Å². The maximum absolute atomic E-state index is 9.15. The molecule has 0 unspecified atom stereocenters. The molecule has 3 rings (SSSR count). The van der Waals surface area contributed by atoms with Crippen molar-refractivity contribution >= 4 is 27.0 Å². The summed E-state index contributed by atoms with van der Waals surface area (Å²) >= 11 is 3.44. The lowest BCUT2D eigenvalue weighted by Crippen LogP contribution is -2.03. The number of para-hydroxylation sites is 2. The van der Waals surface area contributed by atoms with Crippen LogP contribution < -0.4 is 4.74 Å². The Morgan fingerprint density at radius 3 is 2.52 bits per heavy atom. The second-order valence-corrected chi connectivity index (χ2v) is 6.45. The molecule has 0 saturated heterocycles. The van der Waals surface area contributed by atoms with Gasteiger partial charge in [0, 0.05) is 10.9 Å². The second-order valence-electron chi connectivity index (χ2n) is 5.66. The molecule has 25 heavy (non-hydrogen) atoms. The number of alkyl halides is 1. The first-order valence-electron chi connectivity index (χ1n) is 8.28. The minimum Gasteiger partial charge on any atom is -0.476 e. The minimum absolute atomic E-state index is 0.521. The largest absolute Gasteiger partial charge is 0.476 e. The molecule has 0 N–H and O–H groups in total. The number of hydrogen-bond donors (Lipinski definition) is 0. The Morgan fingerprint density at radius 1 is 0.960 bits per heavy atom. The third kappa shape index (κ3) is 4.34. The summed E-state index contributed by atoms with van der Waals surface area (Å²) in [5.74, 6) is 0.521. The molecule has 126 valence electrons. The predicted molar refractivity (Wildman–Crippen MR) is 103 cm³/mol. The van der Waals surface area contributed by atoms with Crippen LogP contribution in [0.25, 0.3) is 22.3 Å². The summed E-state index contributed by atoms with van der Waals surface area (Å²) in [6.45, 7) is 0.602. The Hall–Kier alpha value is -2.45. The van der Waals surface area contributed by atoms with Crippen molar-refractivity contribution in [2.45, 2.75) is 19.3 Å². The van der Waals surface area contributed by atoms with Crippen molar-refractivity contribution in [1.82, 2.24) is 9.97 Å². The van der Waals surface area contributed by atoms with Gasteiger partial charge in [-0.15, -0.1) is 0 Å². The van der Waals surface area contributed by atoms with Crippen LogP contribution in [-0.4, -0.2) is 21.9 Å². The maximum atomic E-state index is 9.15. The lowest BCUT2D eigenvalue weighted by molar-refractivity contribution is 0.296. The van der Waals surface area contributed by atoms with Gasteiger partial charge in [0.15, 0.2) is 0 Å². The lowest BCUT2D eigenvalue weighted by atomic mass is 10.1. The number of nitriles is 1. The van der Waals surface area contributed by atoms with Gasteiger partial charge in [0.25, 0.3) is 0 Å². The molecule has 0 aliphatic rings. The Morgan fingerprint density at radius 2 is 1.76 bits per heavy atom. The van der Waals surface area contributed by atoms with Crippen LogP contribution in [0.2, 0.25) is 0 Å². The van der Waals surface area contributed by atoms with Crippen LogP contribution >= 0.6 is 15.9 Å². The molecule has 1 aromatic heterocycles. The van der Waals surface area contributed by atoms with E-state index in [0.717, 1.165) is 41.2 Å². The summed E-state index contributed by atoms with van der Waals surface area (Å²) in [6, 6.07) is 17.3. The Labute approximate surface area is 155 Å². The monoisotopic (exact) mass is 395 g/mol. The van der Waals surface area contributed by atoms with E-state index in [-0.39, 0.29) is 0 Å². The summed E-state index contributed by atoms with van der Waals surface area (Å²) in [4.78, 5) is 9.38. The molecular formula is C20H18BrN3O. The van der Waals surface area contributed by atoms with Crippen molar-refractivity contribution in [1.29, 1.82) is 5.26 Å². The zero-order valence-corrected chi connectivity index (χ0v) is 15.4. The number of fused-ring (bicyclic) bond motifs is 1. The first-order chi connectivity index (χ1) is 12.3. The molecule has 0 aliphatic heterocycles. The van der Waals surface area contributed by atoms with Crippen LogP contribution in [0.4, 0.5) is 0 Å². The number of benzene rings is 2. The van der Waals surface area contributed by atoms with Gasteiger partial charge in [-0.25, -0.2) is 9.97 Å². The smallest absolute Gasteiger partial charge is 0.241 e. The molecule has 0 atom stereocenters. The molecule has 5 heteroatoms. The standard InChI is InChI=1S/C20H18BrN3O/c21-11-4-1-5-12-25-20-19(16-8-6-7-15(13-16)14-22)23-17-9-2-3-10-18(17)24-20/h2-3,6-10,13H,1,4-5,11-12H2. The van der Waals surface area contributed by atoms with Gasteiger partial charge in [0.1, 0.15) is 5.69 Å². The molecule has 0 fully saturated rings. The van der Waals surface area contributed by atoms with Gasteiger partial charge >= 0.3 is 0 Å². The first kappa shape index (κ1) is 17.4. The molecule has 1 heterocycles. The fourth-order valence-corrected chi connectivity index (χ4v) is 2.95. The number of halogens is 1. The molecule has 2 aromatic carbocycles. The van der Waals surface area contributed by atoms with E-state index in [4.69, 9.17) is 15.0 Å². The molecule has 0 spiro atoms. The quantitative estimate of drug-likeness (QED) is 0.411. The SMILES string of the molecule is N#Cc1cccc(-c2nc3ccccc3nc2OCCCCCBr)c1. The van der Waals surface area contributed by atoms with E-state index in [0.29, 0.717) is 23.7 Å². The van der Waals surface area contributed by atoms with E-state index in [1.807, 2.05) is 42.5 Å². The topological polar surface area (TPSA) is 58.8 Å². The van der Waals surface area contributed by atoms with Gasteiger partial charge < -0.3 is 4.74 Å². The predicted octanol–water partition coefficient (Wildman–Crippen LogP) is 5.11. The van der Waals surface area contributed by atoms with Gasteiger partial charge in [0.2, 0.25) is 5.88 Å². The highest BCUT2D eigenvalue weighted by Crippen LogP contribution is 2.29. The normalized spacial score (nSPS) is 10.6. The molecule has 3 aromatic rings. The van der Waals surface area contributed by atoms with E-state index in [2.05, 4.69) is 27.0 Å². The average Bonchev–Trinajstić information content (AvgIpc) is 2.67. The van der Waals surface area contributed by atoms with E-state index in [1.54, 1.807) is 6.07 Å². The highest BCUT2D eigenvalue weighted by atomic mass is 79.9. The molecule has 4 nitrogen and oxygen atoms in total. The van der Waals surface area contributed by atoms with Crippen LogP contribution in [0.3, 0.4) is 0 Å². The second kappa shape index (κ2) is 8.59. The van der Waals surface area contributed by atoms with Crippen molar-refractivity contribution < 1.29 is 4.74 Å². The molecule has 0 saturated carbocycles. The number of unbranched alkanes of at least 4 members (excludes halogenated alkanes) is 2. The van der Waals surface area contributed by atoms with Crippen LogP contribution in [0.5, 0.6) is 5.88 Å². The molecule has 0 aliphatic carbocycles. The van der Waals surface area contributed by atoms with Crippen molar-refractivity contribution in [2.24, 2.45) is 0 Å². The maximum Gasteiger partial charge on any atom is 0.241 e. The fraction of sp³-hybridized carbons (Fsp3) is 0.250. The summed E-state index contributed by atoms with van der Waals surface area (Å²) in [5.41, 5.74) is 3.73. The third-order valence-corrected chi connectivity index (χ3v) is 4.38. The van der Waals surface area contributed by atoms with Crippen LogP contribution in [-0.2, 0) is 0 Å². The molecule has 0 amide bonds. The Balaban J connectivity index is 1.96. The fourth-order valence-electron chi connectivity index (χ4n) is 2.55. The molecular weight excluding hydrogens is 378 g/mol. The van der Waals surface area contributed by atoms with Gasteiger partial charge in [-0.3, -0.25) is 0 Å².